The lowest BCUT2D eigenvalue weighted by Crippen LogP contribution is -2.51. The van der Waals surface area contributed by atoms with Gasteiger partial charge in [-0.05, 0) is 25.8 Å². The molecule has 1 atom stereocenters. The lowest BCUT2D eigenvalue weighted by Gasteiger charge is -2.21. The van der Waals surface area contributed by atoms with Crippen molar-refractivity contribution in [3.8, 4) is 0 Å². The van der Waals surface area contributed by atoms with E-state index in [1.165, 1.54) is 0 Å². The highest BCUT2D eigenvalue weighted by atomic mass is 16.2. The third kappa shape index (κ3) is 3.66. The molecule has 1 aromatic heterocycles. The minimum atomic E-state index is -0.758. The molecule has 0 spiro atoms. The Kier molecular flexibility index (Phi) is 4.49. The number of amides is 1. The summed E-state index contributed by atoms with van der Waals surface area (Å²) in [5.74, 6) is -0.0875. The van der Waals surface area contributed by atoms with E-state index < -0.39 is 5.54 Å². The molecule has 1 heterocycles. The van der Waals surface area contributed by atoms with Crippen LogP contribution in [-0.4, -0.2) is 27.8 Å². The molecule has 0 aliphatic carbocycles. The number of rotatable bonds is 6. The summed E-state index contributed by atoms with van der Waals surface area (Å²) >= 11 is 0. The third-order valence-corrected chi connectivity index (χ3v) is 2.66. The van der Waals surface area contributed by atoms with E-state index in [-0.39, 0.29) is 5.91 Å². The maximum atomic E-state index is 11.6. The standard InChI is InChI=1S/C11H20N4O/c1-3-11(2,12)10(16)13-6-4-8-15-9-5-7-14-15/h5,7,9H,3-4,6,8,12H2,1-2H3,(H,13,16). The number of nitrogens with two attached hydrogens (primary N) is 1. The first-order chi connectivity index (χ1) is 7.56. The summed E-state index contributed by atoms with van der Waals surface area (Å²) in [5.41, 5.74) is 5.05. The van der Waals surface area contributed by atoms with Gasteiger partial charge in [-0.1, -0.05) is 6.92 Å². The largest absolute Gasteiger partial charge is 0.354 e. The van der Waals surface area contributed by atoms with Crippen LogP contribution < -0.4 is 11.1 Å². The summed E-state index contributed by atoms with van der Waals surface area (Å²) in [4.78, 5) is 11.6. The van der Waals surface area contributed by atoms with Crippen LogP contribution in [0.4, 0.5) is 0 Å². The number of carbonyl (C=O) groups excluding carboxylic acids is 1. The first-order valence-corrected chi connectivity index (χ1v) is 5.61. The molecule has 16 heavy (non-hydrogen) atoms. The van der Waals surface area contributed by atoms with Crippen LogP contribution in [0.5, 0.6) is 0 Å². The van der Waals surface area contributed by atoms with E-state index >= 15 is 0 Å². The van der Waals surface area contributed by atoms with Crippen molar-refractivity contribution >= 4 is 5.91 Å². The summed E-state index contributed by atoms with van der Waals surface area (Å²) in [7, 11) is 0. The first kappa shape index (κ1) is 12.7. The van der Waals surface area contributed by atoms with Crippen molar-refractivity contribution in [2.24, 2.45) is 5.73 Å². The van der Waals surface area contributed by atoms with E-state index in [4.69, 9.17) is 5.73 Å². The molecule has 0 bridgehead atoms. The summed E-state index contributed by atoms with van der Waals surface area (Å²) in [6.07, 6.45) is 5.14. The van der Waals surface area contributed by atoms with Gasteiger partial charge in [0.1, 0.15) is 0 Å². The van der Waals surface area contributed by atoms with E-state index in [9.17, 15) is 4.79 Å². The highest BCUT2D eigenvalue weighted by Crippen LogP contribution is 2.03. The SMILES string of the molecule is CCC(C)(N)C(=O)NCCCn1cccn1. The van der Waals surface area contributed by atoms with Crippen molar-refractivity contribution in [2.45, 2.75) is 38.8 Å². The molecule has 1 rings (SSSR count). The molecule has 0 aliphatic rings. The molecular weight excluding hydrogens is 204 g/mol. The maximum absolute atomic E-state index is 11.6. The van der Waals surface area contributed by atoms with Crippen molar-refractivity contribution in [1.29, 1.82) is 0 Å². The van der Waals surface area contributed by atoms with Crippen LogP contribution in [0.2, 0.25) is 0 Å². The average Bonchev–Trinajstić information content (AvgIpc) is 2.76. The molecule has 1 unspecified atom stereocenters. The topological polar surface area (TPSA) is 72.9 Å². The molecule has 0 aromatic carbocycles. The number of hydrogen-bond acceptors (Lipinski definition) is 3. The lowest BCUT2D eigenvalue weighted by molar-refractivity contribution is -0.125. The zero-order valence-corrected chi connectivity index (χ0v) is 9.94. The van der Waals surface area contributed by atoms with Crippen LogP contribution in [0.3, 0.4) is 0 Å². The van der Waals surface area contributed by atoms with Gasteiger partial charge in [0, 0.05) is 25.5 Å². The number of aryl methyl sites for hydroxylation is 1. The highest BCUT2D eigenvalue weighted by molar-refractivity contribution is 5.85. The Labute approximate surface area is 96.0 Å². The molecular formula is C11H20N4O. The fourth-order valence-electron chi connectivity index (χ4n) is 1.24. The van der Waals surface area contributed by atoms with Gasteiger partial charge < -0.3 is 11.1 Å². The Morgan fingerprint density at radius 1 is 1.62 bits per heavy atom. The van der Waals surface area contributed by atoms with Crippen LogP contribution in [0.25, 0.3) is 0 Å². The maximum Gasteiger partial charge on any atom is 0.239 e. The molecule has 3 N–H and O–H groups in total. The van der Waals surface area contributed by atoms with Crippen molar-refractivity contribution < 1.29 is 4.79 Å². The summed E-state index contributed by atoms with van der Waals surface area (Å²) in [6.45, 7) is 5.09. The molecule has 0 saturated carbocycles. The Hall–Kier alpha value is -1.36. The monoisotopic (exact) mass is 224 g/mol. The molecule has 0 fully saturated rings. The minimum Gasteiger partial charge on any atom is -0.354 e. The zero-order valence-electron chi connectivity index (χ0n) is 9.94. The van der Waals surface area contributed by atoms with Gasteiger partial charge >= 0.3 is 0 Å². The number of nitrogens with zero attached hydrogens (tertiary/aromatic N) is 2. The van der Waals surface area contributed by atoms with Crippen molar-refractivity contribution in [3.05, 3.63) is 18.5 Å². The summed E-state index contributed by atoms with van der Waals surface area (Å²) < 4.78 is 1.84. The second-order valence-corrected chi connectivity index (χ2v) is 4.15. The highest BCUT2D eigenvalue weighted by Gasteiger charge is 2.24. The normalized spacial score (nSPS) is 14.4. The Morgan fingerprint density at radius 3 is 2.94 bits per heavy atom. The van der Waals surface area contributed by atoms with Gasteiger partial charge in [0.25, 0.3) is 0 Å². The van der Waals surface area contributed by atoms with Crippen LogP contribution in [-0.2, 0) is 11.3 Å². The molecule has 5 nitrogen and oxygen atoms in total. The summed E-state index contributed by atoms with van der Waals surface area (Å²) in [6, 6.07) is 1.88. The fourth-order valence-corrected chi connectivity index (χ4v) is 1.24. The molecule has 0 aliphatic heterocycles. The van der Waals surface area contributed by atoms with Gasteiger partial charge in [0.2, 0.25) is 5.91 Å². The van der Waals surface area contributed by atoms with Gasteiger partial charge in [-0.3, -0.25) is 9.48 Å². The van der Waals surface area contributed by atoms with E-state index in [1.807, 2.05) is 23.9 Å². The average molecular weight is 224 g/mol. The molecule has 0 saturated heterocycles. The minimum absolute atomic E-state index is 0.0875. The fraction of sp³-hybridized carbons (Fsp3) is 0.636. The van der Waals surface area contributed by atoms with E-state index in [0.29, 0.717) is 13.0 Å². The Bertz CT molecular complexity index is 319. The molecule has 1 amide bonds. The van der Waals surface area contributed by atoms with Crippen molar-refractivity contribution in [3.63, 3.8) is 0 Å². The third-order valence-electron chi connectivity index (χ3n) is 2.66. The van der Waals surface area contributed by atoms with E-state index in [0.717, 1.165) is 13.0 Å². The van der Waals surface area contributed by atoms with E-state index in [2.05, 4.69) is 10.4 Å². The number of nitrogens with one attached hydrogen (secondary N) is 1. The zero-order chi connectivity index (χ0) is 12.0. The summed E-state index contributed by atoms with van der Waals surface area (Å²) in [5, 5.41) is 6.91. The number of carbonyl (C=O) groups is 1. The molecule has 90 valence electrons. The molecule has 0 radical (unpaired) electrons. The van der Waals surface area contributed by atoms with Crippen molar-refractivity contribution in [1.82, 2.24) is 15.1 Å². The van der Waals surface area contributed by atoms with Crippen molar-refractivity contribution in [2.75, 3.05) is 6.54 Å². The second-order valence-electron chi connectivity index (χ2n) is 4.15. The van der Waals surface area contributed by atoms with Gasteiger partial charge in [-0.2, -0.15) is 5.10 Å². The van der Waals surface area contributed by atoms with Gasteiger partial charge in [-0.15, -0.1) is 0 Å². The Balaban J connectivity index is 2.18. The van der Waals surface area contributed by atoms with Crippen LogP contribution in [0.1, 0.15) is 26.7 Å². The quantitative estimate of drug-likeness (QED) is 0.692. The Morgan fingerprint density at radius 2 is 2.38 bits per heavy atom. The first-order valence-electron chi connectivity index (χ1n) is 5.61. The van der Waals surface area contributed by atoms with Crippen LogP contribution >= 0.6 is 0 Å². The van der Waals surface area contributed by atoms with E-state index in [1.54, 1.807) is 13.1 Å². The predicted octanol–water partition coefficient (Wildman–Crippen LogP) is 0.517. The molecule has 1 aromatic rings. The van der Waals surface area contributed by atoms with Gasteiger partial charge in [-0.25, -0.2) is 0 Å². The second kappa shape index (κ2) is 5.65. The number of hydrogen-bond donors (Lipinski definition) is 2. The van der Waals surface area contributed by atoms with Crippen LogP contribution in [0, 0.1) is 0 Å². The van der Waals surface area contributed by atoms with Gasteiger partial charge in [0.15, 0.2) is 0 Å². The number of aromatic nitrogens is 2. The van der Waals surface area contributed by atoms with Crippen LogP contribution in [0.15, 0.2) is 18.5 Å². The predicted molar refractivity (Wildman–Crippen MR) is 62.7 cm³/mol. The lowest BCUT2D eigenvalue weighted by atomic mass is 10.00. The molecule has 5 heteroatoms. The van der Waals surface area contributed by atoms with Gasteiger partial charge in [0.05, 0.1) is 5.54 Å². The smallest absolute Gasteiger partial charge is 0.239 e.